The van der Waals surface area contributed by atoms with Gasteiger partial charge in [-0.15, -0.1) is 26.6 Å². The van der Waals surface area contributed by atoms with Crippen LogP contribution >= 0.6 is 22.7 Å². The third kappa shape index (κ3) is 3.58. The maximum atomic E-state index is 13.0. The molecule has 1 aliphatic rings. The second kappa shape index (κ2) is 7.00. The van der Waals surface area contributed by atoms with E-state index in [9.17, 15) is 9.59 Å². The number of hydrogen-bond acceptors (Lipinski definition) is 8. The number of amides is 1. The van der Waals surface area contributed by atoms with Gasteiger partial charge in [0.1, 0.15) is 11.6 Å². The molecular formula is C18H22N6O2S2. The summed E-state index contributed by atoms with van der Waals surface area (Å²) in [6.07, 6.45) is 2.89. The van der Waals surface area contributed by atoms with E-state index in [1.807, 2.05) is 0 Å². The fraction of sp³-hybridized carbons (Fsp3) is 0.556. The van der Waals surface area contributed by atoms with Crippen molar-refractivity contribution >= 4 is 43.9 Å². The van der Waals surface area contributed by atoms with Crippen LogP contribution in [-0.2, 0) is 24.2 Å². The van der Waals surface area contributed by atoms with E-state index in [2.05, 4.69) is 46.6 Å². The lowest BCUT2D eigenvalue weighted by atomic mass is 9.72. The summed E-state index contributed by atoms with van der Waals surface area (Å²) in [5.74, 6) is 0.216. The Balaban J connectivity index is 1.61. The highest BCUT2D eigenvalue weighted by Crippen LogP contribution is 2.41. The van der Waals surface area contributed by atoms with E-state index < -0.39 is 0 Å². The monoisotopic (exact) mass is 418 g/mol. The molecule has 28 heavy (non-hydrogen) atoms. The van der Waals surface area contributed by atoms with E-state index in [0.717, 1.165) is 34.5 Å². The molecule has 3 aromatic rings. The average Bonchev–Trinajstić information content (AvgIpc) is 3.19. The lowest BCUT2D eigenvalue weighted by Crippen LogP contribution is -2.31. The van der Waals surface area contributed by atoms with E-state index in [4.69, 9.17) is 0 Å². The van der Waals surface area contributed by atoms with E-state index >= 15 is 0 Å². The molecule has 0 radical (unpaired) electrons. The van der Waals surface area contributed by atoms with Crippen LogP contribution in [0.1, 0.15) is 42.6 Å². The van der Waals surface area contributed by atoms with Crippen molar-refractivity contribution in [3.8, 4) is 0 Å². The second-order valence-corrected chi connectivity index (χ2v) is 10.5. The zero-order chi connectivity index (χ0) is 20.1. The SMILES string of the molecule is Cc1nnc(NC(=O)Cn2nnc3sc4c(c3c2=O)CCC(C(C)(C)C)C4)s1. The number of carbonyl (C=O) groups is 1. The quantitative estimate of drug-likeness (QED) is 0.702. The first-order valence-corrected chi connectivity index (χ1v) is 10.8. The van der Waals surface area contributed by atoms with Crippen LogP contribution in [0.4, 0.5) is 5.13 Å². The Hall–Kier alpha value is -2.20. The molecule has 1 N–H and O–H groups in total. The number of thiophene rings is 1. The molecule has 1 unspecified atom stereocenters. The zero-order valence-electron chi connectivity index (χ0n) is 16.3. The summed E-state index contributed by atoms with van der Waals surface area (Å²) in [7, 11) is 0. The van der Waals surface area contributed by atoms with E-state index in [1.165, 1.54) is 16.2 Å². The molecule has 0 aliphatic heterocycles. The molecule has 0 bridgehead atoms. The lowest BCUT2D eigenvalue weighted by Gasteiger charge is -2.33. The van der Waals surface area contributed by atoms with Gasteiger partial charge in [-0.05, 0) is 43.1 Å². The number of carbonyl (C=O) groups excluding carboxylic acids is 1. The smallest absolute Gasteiger partial charge is 0.279 e. The van der Waals surface area contributed by atoms with Crippen LogP contribution in [0.25, 0.3) is 10.2 Å². The summed E-state index contributed by atoms with van der Waals surface area (Å²) in [4.78, 5) is 27.2. The van der Waals surface area contributed by atoms with Crippen LogP contribution in [0.5, 0.6) is 0 Å². The number of nitrogens with one attached hydrogen (secondary N) is 1. The predicted octanol–water partition coefficient (Wildman–Crippen LogP) is 2.80. The van der Waals surface area contributed by atoms with Gasteiger partial charge in [0.25, 0.3) is 5.56 Å². The molecule has 148 valence electrons. The van der Waals surface area contributed by atoms with Crippen LogP contribution in [-0.4, -0.2) is 31.1 Å². The van der Waals surface area contributed by atoms with E-state index in [-0.39, 0.29) is 23.4 Å². The standard InChI is InChI=1S/C18H22N6O2S2/c1-9-20-22-17(27-9)19-13(25)8-24-16(26)14-11-6-5-10(18(2,3)4)7-12(11)28-15(14)21-23-24/h10H,5-8H2,1-4H3,(H,19,22,25). The van der Waals surface area contributed by atoms with Gasteiger partial charge in [-0.3, -0.25) is 14.9 Å². The molecule has 0 saturated carbocycles. The first kappa shape index (κ1) is 19.1. The molecular weight excluding hydrogens is 396 g/mol. The fourth-order valence-corrected chi connectivity index (χ4v) is 5.45. The minimum atomic E-state index is -0.371. The first-order chi connectivity index (χ1) is 13.2. The Morgan fingerprint density at radius 3 is 2.71 bits per heavy atom. The van der Waals surface area contributed by atoms with Gasteiger partial charge in [-0.1, -0.05) is 37.3 Å². The highest BCUT2D eigenvalue weighted by atomic mass is 32.1. The highest BCUT2D eigenvalue weighted by molar-refractivity contribution is 7.18. The molecule has 0 spiro atoms. The van der Waals surface area contributed by atoms with Crippen molar-refractivity contribution in [2.45, 2.75) is 53.5 Å². The van der Waals surface area contributed by atoms with Gasteiger partial charge < -0.3 is 0 Å². The number of aryl methyl sites for hydroxylation is 2. The largest absolute Gasteiger partial charge is 0.299 e. The van der Waals surface area contributed by atoms with Crippen molar-refractivity contribution in [3.05, 3.63) is 25.8 Å². The number of aromatic nitrogens is 5. The Morgan fingerprint density at radius 2 is 2.04 bits per heavy atom. The molecule has 3 aromatic heterocycles. The summed E-state index contributed by atoms with van der Waals surface area (Å²) < 4.78 is 1.13. The summed E-state index contributed by atoms with van der Waals surface area (Å²) in [6.45, 7) is 8.40. The molecule has 10 heteroatoms. The molecule has 0 saturated heterocycles. The van der Waals surface area contributed by atoms with Crippen molar-refractivity contribution in [1.82, 2.24) is 25.2 Å². The first-order valence-electron chi connectivity index (χ1n) is 9.20. The van der Waals surface area contributed by atoms with Gasteiger partial charge in [-0.2, -0.15) is 0 Å². The zero-order valence-corrected chi connectivity index (χ0v) is 17.9. The van der Waals surface area contributed by atoms with Crippen molar-refractivity contribution in [2.24, 2.45) is 11.3 Å². The summed E-state index contributed by atoms with van der Waals surface area (Å²) >= 11 is 2.84. The average molecular weight is 419 g/mol. The minimum Gasteiger partial charge on any atom is -0.299 e. The van der Waals surface area contributed by atoms with Gasteiger partial charge >= 0.3 is 0 Å². The van der Waals surface area contributed by atoms with Crippen molar-refractivity contribution in [1.29, 1.82) is 0 Å². The van der Waals surface area contributed by atoms with Crippen LogP contribution in [0.15, 0.2) is 4.79 Å². The maximum Gasteiger partial charge on any atom is 0.279 e. The number of hydrogen-bond donors (Lipinski definition) is 1. The van der Waals surface area contributed by atoms with E-state index in [1.54, 1.807) is 18.3 Å². The second-order valence-electron chi connectivity index (χ2n) is 8.22. The molecule has 1 atom stereocenters. The molecule has 3 heterocycles. The minimum absolute atomic E-state index is 0.199. The Labute approximate surface area is 170 Å². The van der Waals surface area contributed by atoms with Gasteiger partial charge in [0.2, 0.25) is 11.0 Å². The van der Waals surface area contributed by atoms with Crippen molar-refractivity contribution in [3.63, 3.8) is 0 Å². The van der Waals surface area contributed by atoms with Crippen LogP contribution in [0, 0.1) is 18.3 Å². The van der Waals surface area contributed by atoms with Crippen LogP contribution in [0.3, 0.4) is 0 Å². The number of anilines is 1. The third-order valence-electron chi connectivity index (χ3n) is 5.23. The molecule has 0 fully saturated rings. The molecule has 8 nitrogen and oxygen atoms in total. The summed E-state index contributed by atoms with van der Waals surface area (Å²) in [6, 6.07) is 0. The molecule has 0 aromatic carbocycles. The number of fused-ring (bicyclic) bond motifs is 3. The number of rotatable bonds is 3. The highest BCUT2D eigenvalue weighted by Gasteiger charge is 2.32. The Kier molecular flexibility index (Phi) is 4.78. The molecule has 4 rings (SSSR count). The van der Waals surface area contributed by atoms with Crippen LogP contribution < -0.4 is 10.9 Å². The van der Waals surface area contributed by atoms with Gasteiger partial charge in [0.15, 0.2) is 4.83 Å². The normalized spacial score (nSPS) is 16.9. The Morgan fingerprint density at radius 1 is 1.25 bits per heavy atom. The van der Waals surface area contributed by atoms with Gasteiger partial charge in [0.05, 0.1) is 5.39 Å². The maximum absolute atomic E-state index is 13.0. The van der Waals surface area contributed by atoms with Crippen molar-refractivity contribution in [2.75, 3.05) is 5.32 Å². The summed E-state index contributed by atoms with van der Waals surface area (Å²) in [5, 5.41) is 20.4. The summed E-state index contributed by atoms with van der Waals surface area (Å²) in [5.41, 5.74) is 1.08. The Bertz CT molecular complexity index is 1110. The van der Waals surface area contributed by atoms with Crippen LogP contribution in [0.2, 0.25) is 0 Å². The third-order valence-corrected chi connectivity index (χ3v) is 7.12. The van der Waals surface area contributed by atoms with E-state index in [0.29, 0.717) is 21.3 Å². The van der Waals surface area contributed by atoms with Gasteiger partial charge in [-0.25, -0.2) is 4.68 Å². The fourth-order valence-electron chi connectivity index (χ4n) is 3.61. The van der Waals surface area contributed by atoms with Crippen molar-refractivity contribution < 1.29 is 4.79 Å². The predicted molar refractivity (Wildman–Crippen MR) is 110 cm³/mol. The lowest BCUT2D eigenvalue weighted by molar-refractivity contribution is -0.117. The topological polar surface area (TPSA) is 103 Å². The molecule has 1 amide bonds. The van der Waals surface area contributed by atoms with Gasteiger partial charge in [0, 0.05) is 4.88 Å². The molecule has 1 aliphatic carbocycles. The number of nitrogens with zero attached hydrogens (tertiary/aromatic N) is 5.